The van der Waals surface area contributed by atoms with Crippen LogP contribution in [-0.2, 0) is 21.1 Å². The van der Waals surface area contributed by atoms with Crippen LogP contribution in [0.2, 0.25) is 0 Å². The third-order valence-corrected chi connectivity index (χ3v) is 10.1. The molecule has 0 saturated carbocycles. The fourth-order valence-electron chi connectivity index (χ4n) is 7.24. The van der Waals surface area contributed by atoms with E-state index in [1.165, 1.54) is 5.56 Å². The predicted molar refractivity (Wildman–Crippen MR) is 220 cm³/mol. The Balaban J connectivity index is 0.00000465. The molecule has 1 N–H and O–H groups in total. The number of aryl methyl sites for hydroxylation is 4. The van der Waals surface area contributed by atoms with Gasteiger partial charge in [-0.05, 0) is 96.8 Å². The molecule has 54 heavy (non-hydrogen) atoms. The Morgan fingerprint density at radius 1 is 0.648 bits per heavy atom. The minimum atomic E-state index is -0.742. The Bertz CT molecular complexity index is 2690. The van der Waals surface area contributed by atoms with Crippen molar-refractivity contribution < 1.29 is 27.5 Å². The van der Waals surface area contributed by atoms with Gasteiger partial charge in [0, 0.05) is 34.3 Å². The molecule has 0 atom stereocenters. The van der Waals surface area contributed by atoms with Crippen LogP contribution in [0.25, 0.3) is 72.7 Å². The molecule has 6 aromatic carbocycles. The summed E-state index contributed by atoms with van der Waals surface area (Å²) in [5.41, 5.74) is 16.2. The number of phenolic OH excluding ortho intramolecular Hbond substituents is 1. The Labute approximate surface area is 333 Å². The quantitative estimate of drug-likeness (QED) is 0.162. The van der Waals surface area contributed by atoms with Gasteiger partial charge in [0.2, 0.25) is 0 Å². The van der Waals surface area contributed by atoms with Crippen LogP contribution in [0.5, 0.6) is 5.75 Å². The molecule has 4 nitrogen and oxygen atoms in total. The SMILES string of the molecule is [2H]C(C)(C)c1ccc(-n2c(-c3cc(C)cc(C)c3O)nc3c(-c4[c-]c(-c5cc(-c6ccc(C)cc6)ccn5)cc(-c5ccccc5)c4)cccc32)c(C)c1.[Pt]. The predicted octanol–water partition coefficient (Wildman–Crippen LogP) is 12.6. The number of benzene rings is 6. The summed E-state index contributed by atoms with van der Waals surface area (Å²) in [6.45, 7) is 11.9. The van der Waals surface area contributed by atoms with Crippen molar-refractivity contribution in [3.8, 4) is 67.5 Å². The van der Waals surface area contributed by atoms with Crippen molar-refractivity contribution >= 4 is 11.0 Å². The van der Waals surface area contributed by atoms with Crippen LogP contribution in [0.3, 0.4) is 0 Å². The molecule has 2 heterocycles. The summed E-state index contributed by atoms with van der Waals surface area (Å²) >= 11 is 0. The molecule has 0 saturated heterocycles. The normalized spacial score (nSPS) is 11.7. The third kappa shape index (κ3) is 6.95. The van der Waals surface area contributed by atoms with Gasteiger partial charge < -0.3 is 5.11 Å². The van der Waals surface area contributed by atoms with Crippen LogP contribution in [0.4, 0.5) is 0 Å². The number of hydrogen-bond donors (Lipinski definition) is 1. The van der Waals surface area contributed by atoms with Crippen molar-refractivity contribution in [2.45, 2.75) is 47.4 Å². The second kappa shape index (κ2) is 15.0. The van der Waals surface area contributed by atoms with E-state index in [0.717, 1.165) is 83.6 Å². The zero-order chi connectivity index (χ0) is 37.7. The van der Waals surface area contributed by atoms with Gasteiger partial charge in [0.25, 0.3) is 0 Å². The molecular formula is C49H42N3OPt-. The molecule has 0 aliphatic carbocycles. The number of fused-ring (bicyclic) bond motifs is 1. The van der Waals surface area contributed by atoms with Gasteiger partial charge in [0.05, 0.1) is 22.3 Å². The van der Waals surface area contributed by atoms with Gasteiger partial charge in [-0.1, -0.05) is 127 Å². The van der Waals surface area contributed by atoms with Gasteiger partial charge in [-0.2, -0.15) is 0 Å². The van der Waals surface area contributed by atoms with E-state index >= 15 is 0 Å². The Morgan fingerprint density at radius 2 is 1.39 bits per heavy atom. The minimum Gasteiger partial charge on any atom is -0.507 e. The number of pyridine rings is 1. The van der Waals surface area contributed by atoms with Crippen molar-refractivity contribution in [1.29, 1.82) is 0 Å². The molecule has 0 fully saturated rings. The van der Waals surface area contributed by atoms with E-state index in [1.54, 1.807) is 0 Å². The van der Waals surface area contributed by atoms with Crippen LogP contribution in [0, 0.1) is 33.8 Å². The smallest absolute Gasteiger partial charge is 0.148 e. The summed E-state index contributed by atoms with van der Waals surface area (Å²) in [5.74, 6) is 0.114. The molecule has 8 aromatic rings. The maximum Gasteiger partial charge on any atom is 0.148 e. The monoisotopic (exact) mass is 884 g/mol. The first-order valence-corrected chi connectivity index (χ1v) is 18.0. The molecule has 8 rings (SSSR count). The summed E-state index contributed by atoms with van der Waals surface area (Å²) in [6, 6.07) is 47.7. The van der Waals surface area contributed by atoms with Gasteiger partial charge in [0.15, 0.2) is 0 Å². The van der Waals surface area contributed by atoms with Gasteiger partial charge in [-0.3, -0.25) is 9.55 Å². The Morgan fingerprint density at radius 3 is 2.13 bits per heavy atom. The molecule has 2 aromatic heterocycles. The summed E-state index contributed by atoms with van der Waals surface area (Å²) in [4.78, 5) is 10.2. The van der Waals surface area contributed by atoms with Crippen LogP contribution in [0.1, 0.15) is 48.9 Å². The topological polar surface area (TPSA) is 50.9 Å². The van der Waals surface area contributed by atoms with E-state index < -0.39 is 5.89 Å². The standard InChI is InChI=1S/C49H42N3O.Pt/c1-30(2)37-19-20-45(33(5)25-37)52-46-14-10-13-42(47(46)51-49(52)43-24-32(4)23-34(6)48(43)53)40-26-39(35-11-8-7-9-12-35)27-41(28-40)44-29-38(21-22-50-44)36-17-15-31(3)16-18-36;/h7-27,29-30,53H,1-6H3;/q-1;/i30D;. The molecular weight excluding hydrogens is 842 g/mol. The summed E-state index contributed by atoms with van der Waals surface area (Å²) in [5, 5.41) is 11.5. The second-order valence-corrected chi connectivity index (χ2v) is 14.3. The first kappa shape index (κ1) is 35.5. The fraction of sp³-hybridized carbons (Fsp3) is 0.143. The number of aromatic nitrogens is 3. The maximum atomic E-state index is 11.5. The molecule has 0 amide bonds. The number of nitrogens with zero attached hydrogens (tertiary/aromatic N) is 3. The van der Waals surface area contributed by atoms with Crippen LogP contribution < -0.4 is 0 Å². The summed E-state index contributed by atoms with van der Waals surface area (Å²) in [7, 11) is 0. The average molecular weight is 885 g/mol. The van der Waals surface area contributed by atoms with Crippen molar-refractivity contribution in [2.75, 3.05) is 0 Å². The molecule has 0 spiro atoms. The van der Waals surface area contributed by atoms with Crippen LogP contribution in [0.15, 0.2) is 134 Å². The summed E-state index contributed by atoms with van der Waals surface area (Å²) < 4.78 is 10.8. The minimum absolute atomic E-state index is 0. The van der Waals surface area contributed by atoms with E-state index in [0.29, 0.717) is 11.4 Å². The average Bonchev–Trinajstić information content (AvgIpc) is 3.55. The van der Waals surface area contributed by atoms with E-state index in [9.17, 15) is 5.11 Å². The molecule has 5 heteroatoms. The number of aromatic hydroxyl groups is 1. The van der Waals surface area contributed by atoms with Crippen molar-refractivity contribution in [2.24, 2.45) is 0 Å². The zero-order valence-corrected chi connectivity index (χ0v) is 33.6. The Hall–Kier alpha value is -5.57. The summed E-state index contributed by atoms with van der Waals surface area (Å²) in [6.07, 6.45) is 1.87. The number of imidazole rings is 1. The van der Waals surface area contributed by atoms with Gasteiger partial charge in [0.1, 0.15) is 11.6 Å². The fourth-order valence-corrected chi connectivity index (χ4v) is 7.24. The maximum absolute atomic E-state index is 11.5. The number of phenols is 1. The van der Waals surface area contributed by atoms with Crippen LogP contribution in [-0.4, -0.2) is 19.6 Å². The molecule has 0 bridgehead atoms. The van der Waals surface area contributed by atoms with Gasteiger partial charge in [-0.15, -0.1) is 23.8 Å². The van der Waals surface area contributed by atoms with Crippen LogP contribution >= 0.6 is 0 Å². The molecule has 270 valence electrons. The zero-order valence-electron chi connectivity index (χ0n) is 32.3. The first-order chi connectivity index (χ1) is 25.9. The number of hydrogen-bond acceptors (Lipinski definition) is 3. The van der Waals surface area contributed by atoms with Gasteiger partial charge in [-0.25, -0.2) is 4.98 Å². The molecule has 0 unspecified atom stereocenters. The molecule has 0 radical (unpaired) electrons. The van der Waals surface area contributed by atoms with E-state index in [4.69, 9.17) is 11.3 Å². The first-order valence-electron chi connectivity index (χ1n) is 18.5. The Kier molecular flexibility index (Phi) is 9.88. The van der Waals surface area contributed by atoms with Crippen molar-refractivity contribution in [3.63, 3.8) is 0 Å². The molecule has 0 aliphatic rings. The second-order valence-electron chi connectivity index (χ2n) is 14.3. The van der Waals surface area contributed by atoms with Crippen molar-refractivity contribution in [1.82, 2.24) is 14.5 Å². The molecule has 0 aliphatic heterocycles. The third-order valence-electron chi connectivity index (χ3n) is 10.1. The number of rotatable bonds is 7. The van der Waals surface area contributed by atoms with E-state index in [1.807, 2.05) is 64.2 Å². The largest absolute Gasteiger partial charge is 0.507 e. The van der Waals surface area contributed by atoms with E-state index in [2.05, 4.69) is 122 Å². The number of para-hydroxylation sites is 1. The van der Waals surface area contributed by atoms with Gasteiger partial charge >= 0.3 is 0 Å². The van der Waals surface area contributed by atoms with E-state index in [-0.39, 0.29) is 26.8 Å². The van der Waals surface area contributed by atoms with Crippen molar-refractivity contribution in [3.05, 3.63) is 167 Å².